The summed E-state index contributed by atoms with van der Waals surface area (Å²) in [6.45, 7) is 10.9. The summed E-state index contributed by atoms with van der Waals surface area (Å²) in [6.07, 6.45) is 5.16. The molecule has 0 aliphatic rings. The average Bonchev–Trinajstić information content (AvgIpc) is 3.30. The largest absolute Gasteiger partial charge is 0.361 e. The van der Waals surface area contributed by atoms with Gasteiger partial charge in [0.15, 0.2) is 11.6 Å². The molecule has 0 atom stereocenters. The Kier molecular flexibility index (Phi) is 7.54. The molecule has 0 aromatic carbocycles. The highest BCUT2D eigenvalue weighted by atomic mass is 32.1. The number of imidazole rings is 1. The van der Waals surface area contributed by atoms with Gasteiger partial charge in [0.05, 0.1) is 0 Å². The molecule has 0 bridgehead atoms. The molecule has 2 amide bonds. The van der Waals surface area contributed by atoms with Crippen LogP contribution in [0.4, 0.5) is 11.6 Å². The first-order chi connectivity index (χ1) is 15.1. The summed E-state index contributed by atoms with van der Waals surface area (Å²) in [5.41, 5.74) is 0.774. The minimum absolute atomic E-state index is 0.204. The van der Waals surface area contributed by atoms with Crippen LogP contribution in [0.5, 0.6) is 0 Å². The number of rotatable bonds is 9. The van der Waals surface area contributed by atoms with Gasteiger partial charge in [0.2, 0.25) is 11.8 Å². The monoisotopic (exact) mass is 472 g/mol. The van der Waals surface area contributed by atoms with E-state index < -0.39 is 8.07 Å². The quantitative estimate of drug-likeness (QED) is 0.355. The van der Waals surface area contributed by atoms with E-state index in [0.717, 1.165) is 16.5 Å². The highest BCUT2D eigenvalue weighted by Gasteiger charge is 2.20. The first-order valence-electron chi connectivity index (χ1n) is 10.2. The van der Waals surface area contributed by atoms with Crippen molar-refractivity contribution >= 4 is 42.9 Å². The number of ether oxygens (including phenoxy) is 1. The van der Waals surface area contributed by atoms with Gasteiger partial charge in [-0.05, 0) is 18.2 Å². The first kappa shape index (κ1) is 23.8. The molecular weight excluding hydrogens is 444 g/mol. The second kappa shape index (κ2) is 10.2. The Morgan fingerprint density at radius 2 is 1.88 bits per heavy atom. The van der Waals surface area contributed by atoms with Gasteiger partial charge in [0.1, 0.15) is 22.4 Å². The van der Waals surface area contributed by atoms with Gasteiger partial charge in [0.25, 0.3) is 0 Å². The predicted molar refractivity (Wildman–Crippen MR) is 129 cm³/mol. The van der Waals surface area contributed by atoms with Crippen LogP contribution >= 0.6 is 11.3 Å². The van der Waals surface area contributed by atoms with Gasteiger partial charge in [-0.15, -0.1) is 11.3 Å². The molecule has 170 valence electrons. The Bertz CT molecular complexity index is 1110. The lowest BCUT2D eigenvalue weighted by atomic mass is 10.2. The van der Waals surface area contributed by atoms with Gasteiger partial charge in [-0.25, -0.2) is 15.0 Å². The number of pyridine rings is 1. The smallest absolute Gasteiger partial charge is 0.222 e. The van der Waals surface area contributed by atoms with Gasteiger partial charge < -0.3 is 19.9 Å². The van der Waals surface area contributed by atoms with Crippen molar-refractivity contribution in [1.29, 1.82) is 0 Å². The molecule has 0 unspecified atom stereocenters. The van der Waals surface area contributed by atoms with Crippen LogP contribution in [0.1, 0.15) is 13.8 Å². The SMILES string of the molecule is CC(=O)Nc1cc(-c2nc(NC(C)=O)c(-c3nccn3COCC[Si](C)(C)C)s2)ccn1. The van der Waals surface area contributed by atoms with E-state index in [1.165, 1.54) is 25.2 Å². The van der Waals surface area contributed by atoms with Gasteiger partial charge in [-0.3, -0.25) is 9.59 Å². The number of nitrogens with one attached hydrogen (secondary N) is 2. The van der Waals surface area contributed by atoms with Crippen molar-refractivity contribution in [3.05, 3.63) is 30.7 Å². The Morgan fingerprint density at radius 1 is 1.12 bits per heavy atom. The molecule has 9 nitrogen and oxygen atoms in total. The summed E-state index contributed by atoms with van der Waals surface area (Å²) in [6, 6.07) is 4.63. The van der Waals surface area contributed by atoms with E-state index in [1.54, 1.807) is 24.5 Å². The van der Waals surface area contributed by atoms with Crippen molar-refractivity contribution in [2.75, 3.05) is 17.2 Å². The number of nitrogens with zero attached hydrogens (tertiary/aromatic N) is 4. The third kappa shape index (κ3) is 6.55. The fourth-order valence-electron chi connectivity index (χ4n) is 2.82. The Morgan fingerprint density at radius 3 is 2.56 bits per heavy atom. The fraction of sp³-hybridized carbons (Fsp3) is 0.381. The highest BCUT2D eigenvalue weighted by molar-refractivity contribution is 7.19. The van der Waals surface area contributed by atoms with Crippen LogP contribution in [0.15, 0.2) is 30.7 Å². The topological polar surface area (TPSA) is 111 Å². The zero-order valence-corrected chi connectivity index (χ0v) is 20.7. The maximum Gasteiger partial charge on any atom is 0.222 e. The fourth-order valence-corrected chi connectivity index (χ4v) is 4.61. The zero-order chi connectivity index (χ0) is 23.3. The van der Waals surface area contributed by atoms with Crippen LogP contribution in [-0.2, 0) is 21.1 Å². The number of carbonyl (C=O) groups excluding carboxylic acids is 2. The average molecular weight is 473 g/mol. The maximum absolute atomic E-state index is 11.8. The highest BCUT2D eigenvalue weighted by Crippen LogP contribution is 2.38. The van der Waals surface area contributed by atoms with E-state index in [1.807, 2.05) is 10.8 Å². The Balaban J connectivity index is 1.89. The van der Waals surface area contributed by atoms with Crippen molar-refractivity contribution in [1.82, 2.24) is 19.5 Å². The molecular formula is C21H28N6O3SSi. The molecule has 11 heteroatoms. The van der Waals surface area contributed by atoms with Gasteiger partial charge >= 0.3 is 0 Å². The third-order valence-corrected chi connectivity index (χ3v) is 7.18. The number of anilines is 2. The maximum atomic E-state index is 11.8. The van der Waals surface area contributed by atoms with Crippen molar-refractivity contribution in [3.63, 3.8) is 0 Å². The summed E-state index contributed by atoms with van der Waals surface area (Å²) in [7, 11) is -1.17. The molecule has 3 rings (SSSR count). The molecule has 0 saturated heterocycles. The Hall–Kier alpha value is -2.89. The minimum Gasteiger partial charge on any atom is -0.361 e. The van der Waals surface area contributed by atoms with E-state index >= 15 is 0 Å². The molecule has 0 radical (unpaired) electrons. The van der Waals surface area contributed by atoms with Crippen LogP contribution in [0.3, 0.4) is 0 Å². The number of carbonyl (C=O) groups is 2. The van der Waals surface area contributed by atoms with Crippen LogP contribution < -0.4 is 10.6 Å². The normalized spacial score (nSPS) is 11.4. The predicted octanol–water partition coefficient (Wildman–Crippen LogP) is 4.30. The zero-order valence-electron chi connectivity index (χ0n) is 18.9. The van der Waals surface area contributed by atoms with Crippen LogP contribution in [0.25, 0.3) is 21.3 Å². The van der Waals surface area contributed by atoms with Gasteiger partial charge in [0, 0.05) is 52.7 Å². The summed E-state index contributed by atoms with van der Waals surface area (Å²) in [4.78, 5) is 37.1. The molecule has 0 aliphatic heterocycles. The molecule has 3 aromatic rings. The van der Waals surface area contributed by atoms with Crippen LogP contribution in [-0.4, -0.2) is 46.0 Å². The van der Waals surface area contributed by atoms with Gasteiger partial charge in [-0.2, -0.15) is 0 Å². The van der Waals surface area contributed by atoms with E-state index in [9.17, 15) is 9.59 Å². The standard InChI is InChI=1S/C21H28N6O3SSi/c1-14(28)24-17-12-16(6-7-22-17)21-26-19(25-15(2)29)18(31-21)20-23-8-9-27(20)13-30-10-11-32(3,4)5/h6-9,12H,10-11,13H2,1-5H3,(H,25,29)(H,22,24,28). The minimum atomic E-state index is -1.17. The molecule has 3 aromatic heterocycles. The second-order valence-corrected chi connectivity index (χ2v) is 15.2. The molecule has 3 heterocycles. The van der Waals surface area contributed by atoms with Gasteiger partial charge in [-0.1, -0.05) is 19.6 Å². The van der Waals surface area contributed by atoms with Crippen LogP contribution in [0.2, 0.25) is 25.7 Å². The molecule has 0 fully saturated rings. The summed E-state index contributed by atoms with van der Waals surface area (Å²) < 4.78 is 7.79. The molecule has 0 spiro atoms. The summed E-state index contributed by atoms with van der Waals surface area (Å²) >= 11 is 1.40. The van der Waals surface area contributed by atoms with E-state index in [2.05, 4.69) is 45.2 Å². The van der Waals surface area contributed by atoms with Crippen molar-refractivity contribution < 1.29 is 14.3 Å². The number of hydrogen-bond acceptors (Lipinski definition) is 7. The lowest BCUT2D eigenvalue weighted by molar-refractivity contribution is -0.115. The molecule has 0 aliphatic carbocycles. The molecule has 2 N–H and O–H groups in total. The number of amides is 2. The Labute approximate surface area is 192 Å². The first-order valence-corrected chi connectivity index (χ1v) is 14.8. The van der Waals surface area contributed by atoms with Crippen molar-refractivity contribution in [2.24, 2.45) is 0 Å². The second-order valence-electron chi connectivity index (χ2n) is 8.56. The van der Waals surface area contributed by atoms with Crippen LogP contribution in [0, 0.1) is 0 Å². The number of thiazole rings is 1. The van der Waals surface area contributed by atoms with E-state index in [4.69, 9.17) is 4.74 Å². The van der Waals surface area contributed by atoms with E-state index in [0.29, 0.717) is 35.8 Å². The third-order valence-electron chi connectivity index (χ3n) is 4.38. The lowest BCUT2D eigenvalue weighted by Gasteiger charge is -2.16. The van der Waals surface area contributed by atoms with Crippen molar-refractivity contribution in [2.45, 2.75) is 46.3 Å². The summed E-state index contributed by atoms with van der Waals surface area (Å²) in [5, 5.41) is 6.14. The van der Waals surface area contributed by atoms with Crippen molar-refractivity contribution in [3.8, 4) is 21.3 Å². The number of aromatic nitrogens is 4. The number of hydrogen-bond donors (Lipinski definition) is 2. The lowest BCUT2D eigenvalue weighted by Crippen LogP contribution is -2.22. The molecule has 0 saturated carbocycles. The summed E-state index contributed by atoms with van der Waals surface area (Å²) in [5.74, 6) is 1.11. The van der Waals surface area contributed by atoms with E-state index in [-0.39, 0.29) is 11.8 Å². The molecule has 32 heavy (non-hydrogen) atoms.